The standard InChI is InChI=1S/C14H23FN2O/c1-4-11(5-2)14(18)9-16-10(3)13-7-6-12(15)8-17-13/h6-8,10-11,14,16,18H,4-5,9H2,1-3H3. The highest BCUT2D eigenvalue weighted by Crippen LogP contribution is 2.14. The van der Waals surface area contributed by atoms with Crippen LogP contribution >= 0.6 is 0 Å². The Balaban J connectivity index is 2.45. The van der Waals surface area contributed by atoms with Gasteiger partial charge in [0, 0.05) is 12.6 Å². The Hall–Kier alpha value is -1.00. The van der Waals surface area contributed by atoms with Crippen LogP contribution in [0.2, 0.25) is 0 Å². The predicted octanol–water partition coefficient (Wildman–Crippen LogP) is 2.67. The van der Waals surface area contributed by atoms with Gasteiger partial charge in [0.1, 0.15) is 5.82 Å². The van der Waals surface area contributed by atoms with Crippen LogP contribution < -0.4 is 5.32 Å². The van der Waals surface area contributed by atoms with E-state index in [1.54, 1.807) is 6.07 Å². The number of hydrogen-bond acceptors (Lipinski definition) is 3. The second-order valence-electron chi connectivity index (χ2n) is 4.68. The zero-order chi connectivity index (χ0) is 13.5. The van der Waals surface area contributed by atoms with Crippen LogP contribution in [-0.2, 0) is 0 Å². The molecule has 18 heavy (non-hydrogen) atoms. The molecule has 2 atom stereocenters. The lowest BCUT2D eigenvalue weighted by Crippen LogP contribution is -2.34. The fourth-order valence-corrected chi connectivity index (χ4v) is 2.04. The molecule has 0 bridgehead atoms. The van der Waals surface area contributed by atoms with Crippen LogP contribution in [0.15, 0.2) is 18.3 Å². The van der Waals surface area contributed by atoms with Gasteiger partial charge in [-0.05, 0) is 25.0 Å². The summed E-state index contributed by atoms with van der Waals surface area (Å²) in [6.45, 7) is 6.66. The van der Waals surface area contributed by atoms with Gasteiger partial charge in [-0.3, -0.25) is 4.98 Å². The third-order valence-corrected chi connectivity index (χ3v) is 3.42. The first kappa shape index (κ1) is 15.1. The number of nitrogens with one attached hydrogen (secondary N) is 1. The van der Waals surface area contributed by atoms with Crippen molar-refractivity contribution < 1.29 is 9.50 Å². The Kier molecular flexibility index (Phi) is 6.22. The molecule has 0 fully saturated rings. The van der Waals surface area contributed by atoms with Crippen molar-refractivity contribution in [2.45, 2.75) is 45.8 Å². The van der Waals surface area contributed by atoms with Crippen LogP contribution in [0.25, 0.3) is 0 Å². The molecule has 1 aromatic rings. The number of aliphatic hydroxyl groups is 1. The van der Waals surface area contributed by atoms with E-state index in [-0.39, 0.29) is 18.0 Å². The van der Waals surface area contributed by atoms with Gasteiger partial charge in [-0.15, -0.1) is 0 Å². The zero-order valence-electron chi connectivity index (χ0n) is 11.4. The van der Waals surface area contributed by atoms with Gasteiger partial charge in [0.2, 0.25) is 0 Å². The second-order valence-corrected chi connectivity index (χ2v) is 4.68. The van der Waals surface area contributed by atoms with E-state index in [4.69, 9.17) is 0 Å². The van der Waals surface area contributed by atoms with E-state index in [0.29, 0.717) is 12.5 Å². The smallest absolute Gasteiger partial charge is 0.141 e. The molecule has 0 aliphatic rings. The topological polar surface area (TPSA) is 45.1 Å². The maximum absolute atomic E-state index is 12.7. The molecule has 0 saturated carbocycles. The zero-order valence-corrected chi connectivity index (χ0v) is 11.4. The molecule has 0 aliphatic heterocycles. The van der Waals surface area contributed by atoms with E-state index in [0.717, 1.165) is 18.5 Å². The minimum Gasteiger partial charge on any atom is -0.392 e. The molecule has 2 N–H and O–H groups in total. The monoisotopic (exact) mass is 254 g/mol. The molecular weight excluding hydrogens is 231 g/mol. The van der Waals surface area contributed by atoms with Crippen molar-refractivity contribution >= 4 is 0 Å². The van der Waals surface area contributed by atoms with Crippen molar-refractivity contribution in [2.75, 3.05) is 6.54 Å². The van der Waals surface area contributed by atoms with Crippen LogP contribution in [0.4, 0.5) is 4.39 Å². The maximum atomic E-state index is 12.7. The van der Waals surface area contributed by atoms with Gasteiger partial charge in [-0.1, -0.05) is 26.7 Å². The highest BCUT2D eigenvalue weighted by Gasteiger charge is 2.16. The predicted molar refractivity (Wildman–Crippen MR) is 70.7 cm³/mol. The van der Waals surface area contributed by atoms with Crippen molar-refractivity contribution in [3.63, 3.8) is 0 Å². The number of pyridine rings is 1. The molecule has 0 spiro atoms. The number of rotatable bonds is 7. The van der Waals surface area contributed by atoms with Gasteiger partial charge in [0.05, 0.1) is 18.0 Å². The Morgan fingerprint density at radius 3 is 2.50 bits per heavy atom. The lowest BCUT2D eigenvalue weighted by atomic mass is 9.96. The van der Waals surface area contributed by atoms with Crippen molar-refractivity contribution in [3.05, 3.63) is 29.8 Å². The average molecular weight is 254 g/mol. The SMILES string of the molecule is CCC(CC)C(O)CNC(C)c1ccc(F)cn1. The van der Waals surface area contributed by atoms with Crippen LogP contribution in [0.1, 0.15) is 45.3 Å². The first-order valence-corrected chi connectivity index (χ1v) is 6.61. The van der Waals surface area contributed by atoms with Gasteiger partial charge >= 0.3 is 0 Å². The number of halogens is 1. The highest BCUT2D eigenvalue weighted by molar-refractivity contribution is 5.08. The van der Waals surface area contributed by atoms with E-state index >= 15 is 0 Å². The summed E-state index contributed by atoms with van der Waals surface area (Å²) in [6, 6.07) is 3.07. The molecule has 1 rings (SSSR count). The normalized spacial score (nSPS) is 14.8. The fourth-order valence-electron chi connectivity index (χ4n) is 2.04. The lowest BCUT2D eigenvalue weighted by molar-refractivity contribution is 0.0987. The van der Waals surface area contributed by atoms with Crippen LogP contribution in [0, 0.1) is 11.7 Å². The Labute approximate surface area is 108 Å². The number of aliphatic hydroxyl groups excluding tert-OH is 1. The molecule has 0 aromatic carbocycles. The van der Waals surface area contributed by atoms with Crippen molar-refractivity contribution in [3.8, 4) is 0 Å². The molecule has 1 aromatic heterocycles. The van der Waals surface area contributed by atoms with Gasteiger partial charge in [-0.25, -0.2) is 4.39 Å². The summed E-state index contributed by atoms with van der Waals surface area (Å²) in [6.07, 6.45) is 2.82. The van der Waals surface area contributed by atoms with Gasteiger partial charge in [-0.2, -0.15) is 0 Å². The summed E-state index contributed by atoms with van der Waals surface area (Å²) in [7, 11) is 0. The summed E-state index contributed by atoms with van der Waals surface area (Å²) >= 11 is 0. The Bertz CT molecular complexity index is 338. The van der Waals surface area contributed by atoms with Crippen LogP contribution in [0.3, 0.4) is 0 Å². The third-order valence-electron chi connectivity index (χ3n) is 3.42. The van der Waals surface area contributed by atoms with E-state index in [2.05, 4.69) is 24.1 Å². The fraction of sp³-hybridized carbons (Fsp3) is 0.643. The Morgan fingerprint density at radius 2 is 2.00 bits per heavy atom. The van der Waals surface area contributed by atoms with E-state index in [9.17, 15) is 9.50 Å². The molecule has 102 valence electrons. The quantitative estimate of drug-likeness (QED) is 0.786. The minimum atomic E-state index is -0.345. The van der Waals surface area contributed by atoms with E-state index < -0.39 is 0 Å². The van der Waals surface area contributed by atoms with Crippen LogP contribution in [0.5, 0.6) is 0 Å². The largest absolute Gasteiger partial charge is 0.392 e. The molecule has 0 aliphatic carbocycles. The lowest BCUT2D eigenvalue weighted by Gasteiger charge is -2.22. The highest BCUT2D eigenvalue weighted by atomic mass is 19.1. The maximum Gasteiger partial charge on any atom is 0.141 e. The number of hydrogen-bond donors (Lipinski definition) is 2. The van der Waals surface area contributed by atoms with Crippen molar-refractivity contribution in [2.24, 2.45) is 5.92 Å². The second kappa shape index (κ2) is 7.44. The summed E-state index contributed by atoms with van der Waals surface area (Å²) in [5.41, 5.74) is 0.785. The summed E-state index contributed by atoms with van der Waals surface area (Å²) in [5, 5.41) is 13.2. The molecule has 4 heteroatoms. The number of aromatic nitrogens is 1. The summed E-state index contributed by atoms with van der Waals surface area (Å²) in [5.74, 6) is -0.00566. The van der Waals surface area contributed by atoms with E-state index in [1.807, 2.05) is 6.92 Å². The first-order valence-electron chi connectivity index (χ1n) is 6.61. The molecule has 0 radical (unpaired) electrons. The van der Waals surface area contributed by atoms with Gasteiger partial charge in [0.15, 0.2) is 0 Å². The van der Waals surface area contributed by atoms with Gasteiger partial charge in [0.25, 0.3) is 0 Å². The van der Waals surface area contributed by atoms with Crippen molar-refractivity contribution in [1.29, 1.82) is 0 Å². The van der Waals surface area contributed by atoms with Crippen LogP contribution in [-0.4, -0.2) is 22.7 Å². The Morgan fingerprint density at radius 1 is 1.33 bits per heavy atom. The molecule has 2 unspecified atom stereocenters. The van der Waals surface area contributed by atoms with E-state index in [1.165, 1.54) is 12.3 Å². The molecule has 0 amide bonds. The third kappa shape index (κ3) is 4.35. The first-order chi connectivity index (χ1) is 8.58. The molecular formula is C14H23FN2O. The van der Waals surface area contributed by atoms with Crippen molar-refractivity contribution in [1.82, 2.24) is 10.3 Å². The number of nitrogens with zero attached hydrogens (tertiary/aromatic N) is 1. The van der Waals surface area contributed by atoms with Gasteiger partial charge < -0.3 is 10.4 Å². The summed E-state index contributed by atoms with van der Waals surface area (Å²) < 4.78 is 12.7. The minimum absolute atomic E-state index is 0.00890. The average Bonchev–Trinajstić information content (AvgIpc) is 2.38. The summed E-state index contributed by atoms with van der Waals surface area (Å²) in [4.78, 5) is 4.02. The molecule has 1 heterocycles. The molecule has 3 nitrogen and oxygen atoms in total. The molecule has 0 saturated heterocycles.